The lowest BCUT2D eigenvalue weighted by atomic mass is 9.79. The van der Waals surface area contributed by atoms with E-state index < -0.39 is 5.82 Å². The summed E-state index contributed by atoms with van der Waals surface area (Å²) in [5.41, 5.74) is 1.77. The topological polar surface area (TPSA) is 129 Å². The molecule has 3 N–H and O–H groups in total. The molecule has 0 atom stereocenters. The van der Waals surface area contributed by atoms with Gasteiger partial charge in [-0.2, -0.15) is 10.2 Å². The highest BCUT2D eigenvalue weighted by Crippen LogP contribution is 2.32. The smallest absolute Gasteiger partial charge is 0.229 e. The number of anilines is 3. The molecule has 2 aromatic heterocycles. The molecule has 1 aromatic carbocycles. The molecule has 0 saturated carbocycles. The van der Waals surface area contributed by atoms with Crippen LogP contribution in [0.5, 0.6) is 0 Å². The summed E-state index contributed by atoms with van der Waals surface area (Å²) in [6.45, 7) is 12.6. The second-order valence-corrected chi connectivity index (χ2v) is 10.6. The van der Waals surface area contributed by atoms with Gasteiger partial charge in [0.2, 0.25) is 5.95 Å². The summed E-state index contributed by atoms with van der Waals surface area (Å²) < 4.78 is 16.5. The van der Waals surface area contributed by atoms with Crippen LogP contribution < -0.4 is 16.0 Å². The van der Waals surface area contributed by atoms with E-state index in [0.717, 1.165) is 18.4 Å². The molecular weight excluding hydrogens is 447 g/mol. The van der Waals surface area contributed by atoms with Crippen LogP contribution in [0.1, 0.15) is 71.4 Å². The van der Waals surface area contributed by atoms with Gasteiger partial charge in [-0.25, -0.2) is 14.1 Å². The average molecular weight is 479 g/mol. The molecule has 1 aliphatic heterocycles. The number of benzene rings is 1. The average Bonchev–Trinajstić information content (AvgIpc) is 3.27. The predicted octanol–water partition coefficient (Wildman–Crippen LogP) is 4.05. The van der Waals surface area contributed by atoms with Crippen LogP contribution in [0.3, 0.4) is 0 Å². The lowest BCUT2D eigenvalue weighted by Gasteiger charge is -2.46. The van der Waals surface area contributed by atoms with Crippen molar-refractivity contribution in [2.75, 3.05) is 10.6 Å². The second-order valence-electron chi connectivity index (χ2n) is 10.6. The summed E-state index contributed by atoms with van der Waals surface area (Å²) in [5, 5.41) is 31.0. The third-order valence-corrected chi connectivity index (χ3v) is 6.02. The van der Waals surface area contributed by atoms with Crippen molar-refractivity contribution in [2.24, 2.45) is 0 Å². The number of tetrazole rings is 1. The fourth-order valence-corrected chi connectivity index (χ4v) is 4.98. The van der Waals surface area contributed by atoms with Crippen molar-refractivity contribution in [1.82, 2.24) is 35.5 Å². The molecular formula is C24H31FN10. The highest BCUT2D eigenvalue weighted by molar-refractivity contribution is 5.63. The van der Waals surface area contributed by atoms with Gasteiger partial charge in [-0.15, -0.1) is 5.10 Å². The Kier molecular flexibility index (Phi) is 6.42. The van der Waals surface area contributed by atoms with E-state index in [2.05, 4.69) is 75.2 Å². The van der Waals surface area contributed by atoms with E-state index in [4.69, 9.17) is 0 Å². The molecule has 0 bridgehead atoms. The van der Waals surface area contributed by atoms with Gasteiger partial charge in [-0.1, -0.05) is 13.8 Å². The number of hydrogen-bond acceptors (Lipinski definition) is 9. The Bertz CT molecular complexity index is 1230. The standard InChI is InChI=1S/C24H31FN10/c1-14(2)17-7-18(25)19(8-20(17)35-13-28-33-34-35)30-22-27-12-15(11-26)21(31-22)29-16-9-23(3,4)32-24(5,6)10-16/h7-8,12-14,16,32H,9-10H2,1-6H3,(H2,27,29,30,31). The summed E-state index contributed by atoms with van der Waals surface area (Å²) in [6.07, 6.45) is 4.62. The Balaban J connectivity index is 1.64. The lowest BCUT2D eigenvalue weighted by molar-refractivity contribution is 0.170. The molecule has 184 valence electrons. The molecule has 0 unspecified atom stereocenters. The van der Waals surface area contributed by atoms with Crippen LogP contribution in [-0.2, 0) is 0 Å². The SMILES string of the molecule is CC(C)c1cc(F)c(Nc2ncc(C#N)c(NC3CC(C)(C)NC(C)(C)C3)n2)cc1-n1cnnn1. The molecule has 35 heavy (non-hydrogen) atoms. The first-order valence-electron chi connectivity index (χ1n) is 11.6. The molecule has 10 nitrogen and oxygen atoms in total. The largest absolute Gasteiger partial charge is 0.366 e. The summed E-state index contributed by atoms with van der Waals surface area (Å²) in [5.74, 6) is 0.203. The van der Waals surface area contributed by atoms with E-state index in [0.29, 0.717) is 17.1 Å². The molecule has 1 aliphatic rings. The normalized spacial score (nSPS) is 17.2. The zero-order valence-electron chi connectivity index (χ0n) is 20.9. The molecule has 0 amide bonds. The highest BCUT2D eigenvalue weighted by atomic mass is 19.1. The predicted molar refractivity (Wildman–Crippen MR) is 131 cm³/mol. The second kappa shape index (κ2) is 9.19. The number of piperidine rings is 1. The zero-order valence-corrected chi connectivity index (χ0v) is 20.9. The maximum atomic E-state index is 15.1. The van der Waals surface area contributed by atoms with Crippen molar-refractivity contribution in [3.05, 3.63) is 41.6 Å². The summed E-state index contributed by atoms with van der Waals surface area (Å²) in [4.78, 5) is 8.77. The van der Waals surface area contributed by atoms with Crippen molar-refractivity contribution in [3.63, 3.8) is 0 Å². The van der Waals surface area contributed by atoms with Gasteiger partial charge in [0.05, 0.1) is 17.6 Å². The number of halogens is 1. The molecule has 0 spiro atoms. The minimum absolute atomic E-state index is 0.0539. The van der Waals surface area contributed by atoms with Gasteiger partial charge in [-0.05, 0) is 74.6 Å². The minimum atomic E-state index is -0.449. The Hall–Kier alpha value is -3.65. The van der Waals surface area contributed by atoms with E-state index in [9.17, 15) is 5.26 Å². The Morgan fingerprint density at radius 2 is 1.91 bits per heavy atom. The van der Waals surface area contributed by atoms with Crippen LogP contribution in [-0.4, -0.2) is 47.3 Å². The highest BCUT2D eigenvalue weighted by Gasteiger charge is 2.38. The van der Waals surface area contributed by atoms with E-state index >= 15 is 4.39 Å². The first-order chi connectivity index (χ1) is 16.5. The summed E-state index contributed by atoms with van der Waals surface area (Å²) >= 11 is 0. The van der Waals surface area contributed by atoms with Crippen molar-refractivity contribution in [2.45, 2.75) is 77.4 Å². The Labute approximate surface area is 204 Å². The van der Waals surface area contributed by atoms with Crippen LogP contribution in [0.15, 0.2) is 24.7 Å². The maximum absolute atomic E-state index is 15.1. The third kappa shape index (κ3) is 5.54. The van der Waals surface area contributed by atoms with Crippen molar-refractivity contribution < 1.29 is 4.39 Å². The number of nitrogens with one attached hydrogen (secondary N) is 3. The minimum Gasteiger partial charge on any atom is -0.366 e. The lowest BCUT2D eigenvalue weighted by Crippen LogP contribution is -2.60. The fourth-order valence-electron chi connectivity index (χ4n) is 4.98. The molecule has 1 fully saturated rings. The Morgan fingerprint density at radius 1 is 1.20 bits per heavy atom. The molecule has 11 heteroatoms. The summed E-state index contributed by atoms with van der Waals surface area (Å²) in [6, 6.07) is 5.34. The zero-order chi connectivity index (χ0) is 25.4. The van der Waals surface area contributed by atoms with Crippen LogP contribution in [0.25, 0.3) is 5.69 Å². The number of nitrogens with zero attached hydrogens (tertiary/aromatic N) is 7. The van der Waals surface area contributed by atoms with Gasteiger partial charge in [0.25, 0.3) is 0 Å². The van der Waals surface area contributed by atoms with Crippen LogP contribution in [0.4, 0.5) is 21.8 Å². The van der Waals surface area contributed by atoms with Gasteiger partial charge in [0.15, 0.2) is 0 Å². The maximum Gasteiger partial charge on any atom is 0.229 e. The van der Waals surface area contributed by atoms with Gasteiger partial charge in [-0.3, -0.25) is 0 Å². The van der Waals surface area contributed by atoms with Gasteiger partial charge in [0, 0.05) is 17.1 Å². The Morgan fingerprint density at radius 3 is 2.51 bits per heavy atom. The van der Waals surface area contributed by atoms with Gasteiger partial charge >= 0.3 is 0 Å². The first-order valence-corrected chi connectivity index (χ1v) is 11.6. The number of nitriles is 1. The van der Waals surface area contributed by atoms with E-state index in [1.54, 1.807) is 6.07 Å². The van der Waals surface area contributed by atoms with E-state index in [1.807, 2.05) is 13.8 Å². The van der Waals surface area contributed by atoms with Crippen LogP contribution in [0, 0.1) is 17.1 Å². The third-order valence-electron chi connectivity index (χ3n) is 6.02. The summed E-state index contributed by atoms with van der Waals surface area (Å²) in [7, 11) is 0. The van der Waals surface area contributed by atoms with Crippen LogP contribution in [0.2, 0.25) is 0 Å². The molecule has 0 aliphatic carbocycles. The quantitative estimate of drug-likeness (QED) is 0.480. The molecule has 1 saturated heterocycles. The fraction of sp³-hybridized carbons (Fsp3) is 0.500. The monoisotopic (exact) mass is 478 g/mol. The van der Waals surface area contributed by atoms with Crippen molar-refractivity contribution in [1.29, 1.82) is 5.26 Å². The van der Waals surface area contributed by atoms with Gasteiger partial charge in [0.1, 0.15) is 29.6 Å². The van der Waals surface area contributed by atoms with Crippen molar-refractivity contribution in [3.8, 4) is 11.8 Å². The number of aromatic nitrogens is 6. The molecule has 3 heterocycles. The van der Waals surface area contributed by atoms with Crippen molar-refractivity contribution >= 4 is 17.5 Å². The molecule has 0 radical (unpaired) electrons. The molecule has 4 rings (SSSR count). The van der Waals surface area contributed by atoms with E-state index in [1.165, 1.54) is 23.3 Å². The van der Waals surface area contributed by atoms with E-state index in [-0.39, 0.29) is 34.7 Å². The van der Waals surface area contributed by atoms with Crippen LogP contribution >= 0.6 is 0 Å². The first kappa shape index (κ1) is 24.5. The molecule has 3 aromatic rings. The number of rotatable bonds is 6. The number of hydrogen-bond donors (Lipinski definition) is 3. The van der Waals surface area contributed by atoms with Gasteiger partial charge < -0.3 is 16.0 Å².